The number of hydrogen-bond donors (Lipinski definition) is 2. The van der Waals surface area contributed by atoms with Crippen molar-refractivity contribution in [2.45, 2.75) is 13.0 Å². The molecule has 0 aliphatic carbocycles. The zero-order valence-electron chi connectivity index (χ0n) is 13.8. The third kappa shape index (κ3) is 4.14. The van der Waals surface area contributed by atoms with Gasteiger partial charge in [-0.15, -0.1) is 24.8 Å². The minimum absolute atomic E-state index is 0. The van der Waals surface area contributed by atoms with Crippen molar-refractivity contribution >= 4 is 41.8 Å². The molecule has 0 fully saturated rings. The van der Waals surface area contributed by atoms with E-state index >= 15 is 0 Å². The van der Waals surface area contributed by atoms with Gasteiger partial charge < -0.3 is 10.6 Å². The second-order valence-corrected chi connectivity index (χ2v) is 5.17. The van der Waals surface area contributed by atoms with Crippen LogP contribution in [0.25, 0.3) is 11.0 Å². The number of hydrogen-bond acceptors (Lipinski definition) is 5. The number of carbonyl (C=O) groups excluding carboxylic acids is 1. The Bertz CT molecular complexity index is 847. The van der Waals surface area contributed by atoms with Crippen LogP contribution in [-0.4, -0.2) is 39.7 Å². The molecule has 0 radical (unpaired) electrons. The van der Waals surface area contributed by atoms with Gasteiger partial charge in [0.15, 0.2) is 0 Å². The van der Waals surface area contributed by atoms with Crippen molar-refractivity contribution in [3.63, 3.8) is 0 Å². The molecule has 0 spiro atoms. The molecule has 1 amide bonds. The number of nitrogens with one attached hydrogen (secondary N) is 2. The molecular weight excluding hydrogens is 357 g/mol. The number of likely N-dealkylation sites (N-methyl/N-ethyl adjacent to an activating group) is 1. The van der Waals surface area contributed by atoms with Gasteiger partial charge in [-0.2, -0.15) is 0 Å². The van der Waals surface area contributed by atoms with E-state index in [1.807, 2.05) is 6.92 Å². The van der Waals surface area contributed by atoms with Crippen LogP contribution >= 0.6 is 24.8 Å². The summed E-state index contributed by atoms with van der Waals surface area (Å²) in [5, 5.41) is 6.04. The van der Waals surface area contributed by atoms with E-state index in [2.05, 4.69) is 15.6 Å². The summed E-state index contributed by atoms with van der Waals surface area (Å²) in [7, 11) is 4.72. The molecule has 0 saturated heterocycles. The molecule has 8 nitrogen and oxygen atoms in total. The highest BCUT2D eigenvalue weighted by Gasteiger charge is 2.14. The lowest BCUT2D eigenvalue weighted by Crippen LogP contribution is -2.38. The van der Waals surface area contributed by atoms with Gasteiger partial charge in [-0.25, -0.2) is 9.78 Å². The smallest absolute Gasteiger partial charge is 0.332 e. The number of aromatic nitrogens is 3. The normalized spacial score (nSPS) is 11.3. The Morgan fingerprint density at radius 1 is 1.21 bits per heavy atom. The Labute approximate surface area is 151 Å². The van der Waals surface area contributed by atoms with Crippen LogP contribution in [0.2, 0.25) is 0 Å². The van der Waals surface area contributed by atoms with E-state index in [9.17, 15) is 14.4 Å². The van der Waals surface area contributed by atoms with E-state index < -0.39 is 11.2 Å². The summed E-state index contributed by atoms with van der Waals surface area (Å²) >= 11 is 0. The number of aryl methyl sites for hydroxylation is 1. The zero-order valence-corrected chi connectivity index (χ0v) is 15.5. The summed E-state index contributed by atoms with van der Waals surface area (Å²) in [6.07, 6.45) is 0. The number of fused-ring (bicyclic) bond motifs is 1. The van der Waals surface area contributed by atoms with Crippen LogP contribution in [0.4, 0.5) is 0 Å². The van der Waals surface area contributed by atoms with Gasteiger partial charge in [0.1, 0.15) is 11.3 Å². The minimum Gasteiger partial charge on any atom is -0.349 e. The summed E-state index contributed by atoms with van der Waals surface area (Å²) in [5.74, 6) is -0.350. The molecular formula is C14H21Cl2N5O3. The highest BCUT2D eigenvalue weighted by Crippen LogP contribution is 2.06. The SMILES string of the molecule is CNC(C)CNC(=O)c1ccc2c(=O)n(C)c(=O)n(C)c2n1.Cl.Cl. The summed E-state index contributed by atoms with van der Waals surface area (Å²) in [6.45, 7) is 2.38. The molecule has 0 saturated carbocycles. The van der Waals surface area contributed by atoms with Gasteiger partial charge in [-0.05, 0) is 26.1 Å². The molecule has 10 heteroatoms. The van der Waals surface area contributed by atoms with E-state index in [-0.39, 0.29) is 48.1 Å². The van der Waals surface area contributed by atoms with E-state index in [0.29, 0.717) is 11.9 Å². The third-order valence-corrected chi connectivity index (χ3v) is 3.60. The summed E-state index contributed by atoms with van der Waals surface area (Å²) in [6, 6.07) is 3.12. The van der Waals surface area contributed by atoms with E-state index in [0.717, 1.165) is 4.57 Å². The van der Waals surface area contributed by atoms with Crippen molar-refractivity contribution in [3.8, 4) is 0 Å². The number of carbonyl (C=O) groups is 1. The fourth-order valence-corrected chi connectivity index (χ4v) is 2.02. The van der Waals surface area contributed by atoms with Crippen molar-refractivity contribution in [3.05, 3.63) is 38.7 Å². The summed E-state index contributed by atoms with van der Waals surface area (Å²) in [4.78, 5) is 40.2. The quantitative estimate of drug-likeness (QED) is 0.769. The Balaban J connectivity index is 0.00000264. The molecule has 2 aromatic rings. The molecule has 2 rings (SSSR count). The molecule has 24 heavy (non-hydrogen) atoms. The molecule has 2 aromatic heterocycles. The van der Waals surface area contributed by atoms with Gasteiger partial charge in [0, 0.05) is 26.7 Å². The fourth-order valence-electron chi connectivity index (χ4n) is 2.02. The van der Waals surface area contributed by atoms with Crippen molar-refractivity contribution in [1.29, 1.82) is 0 Å². The molecule has 2 heterocycles. The van der Waals surface area contributed by atoms with Crippen LogP contribution < -0.4 is 21.9 Å². The maximum absolute atomic E-state index is 12.1. The molecule has 0 aliphatic heterocycles. The van der Waals surface area contributed by atoms with Crippen molar-refractivity contribution < 1.29 is 4.79 Å². The van der Waals surface area contributed by atoms with Crippen LogP contribution in [-0.2, 0) is 14.1 Å². The maximum Gasteiger partial charge on any atom is 0.332 e. The van der Waals surface area contributed by atoms with E-state index in [4.69, 9.17) is 0 Å². The van der Waals surface area contributed by atoms with Crippen molar-refractivity contribution in [2.24, 2.45) is 14.1 Å². The lowest BCUT2D eigenvalue weighted by molar-refractivity contribution is 0.0946. The first kappa shape index (κ1) is 22.1. The summed E-state index contributed by atoms with van der Waals surface area (Å²) < 4.78 is 2.27. The lowest BCUT2D eigenvalue weighted by atomic mass is 10.2. The van der Waals surface area contributed by atoms with Crippen LogP contribution in [0.1, 0.15) is 17.4 Å². The Morgan fingerprint density at radius 2 is 1.83 bits per heavy atom. The average Bonchev–Trinajstić information content (AvgIpc) is 2.54. The zero-order chi connectivity index (χ0) is 16.4. The molecule has 0 aromatic carbocycles. The first-order chi connectivity index (χ1) is 10.4. The monoisotopic (exact) mass is 377 g/mol. The van der Waals surface area contributed by atoms with Crippen LogP contribution in [0, 0.1) is 0 Å². The molecule has 1 unspecified atom stereocenters. The highest BCUT2D eigenvalue weighted by atomic mass is 35.5. The number of amides is 1. The van der Waals surface area contributed by atoms with E-state index in [1.54, 1.807) is 7.05 Å². The molecule has 2 N–H and O–H groups in total. The average molecular weight is 378 g/mol. The second-order valence-electron chi connectivity index (χ2n) is 5.17. The first-order valence-electron chi connectivity index (χ1n) is 6.89. The lowest BCUT2D eigenvalue weighted by Gasteiger charge is -2.12. The van der Waals surface area contributed by atoms with Crippen LogP contribution in [0.5, 0.6) is 0 Å². The predicted molar refractivity (Wildman–Crippen MR) is 97.6 cm³/mol. The Kier molecular flexibility index (Phi) is 8.12. The molecule has 0 bridgehead atoms. The minimum atomic E-state index is -0.480. The third-order valence-electron chi connectivity index (χ3n) is 3.60. The maximum atomic E-state index is 12.1. The van der Waals surface area contributed by atoms with Gasteiger partial charge in [0.05, 0.1) is 5.39 Å². The summed E-state index contributed by atoms with van der Waals surface area (Å²) in [5.41, 5.74) is -0.547. The number of halogens is 2. The standard InChI is InChI=1S/C14H19N5O3.2ClH/c1-8(15-2)7-16-12(20)10-6-5-9-11(17-10)18(3)14(22)19(4)13(9)21;;/h5-6,8,15H,7H2,1-4H3,(H,16,20);2*1H. The van der Waals surface area contributed by atoms with Gasteiger partial charge in [-0.1, -0.05) is 0 Å². The number of nitrogens with zero attached hydrogens (tertiary/aromatic N) is 3. The Hall–Kier alpha value is -1.90. The molecule has 134 valence electrons. The van der Waals surface area contributed by atoms with Gasteiger partial charge >= 0.3 is 5.69 Å². The number of rotatable bonds is 4. The van der Waals surface area contributed by atoms with Gasteiger partial charge in [0.2, 0.25) is 0 Å². The van der Waals surface area contributed by atoms with Gasteiger partial charge in [-0.3, -0.25) is 18.7 Å². The van der Waals surface area contributed by atoms with Gasteiger partial charge in [0.25, 0.3) is 11.5 Å². The Morgan fingerprint density at radius 3 is 2.42 bits per heavy atom. The van der Waals surface area contributed by atoms with Crippen molar-refractivity contribution in [1.82, 2.24) is 24.8 Å². The fraction of sp³-hybridized carbons (Fsp3) is 0.429. The van der Waals surface area contributed by atoms with Crippen molar-refractivity contribution in [2.75, 3.05) is 13.6 Å². The molecule has 0 aliphatic rings. The highest BCUT2D eigenvalue weighted by molar-refractivity contribution is 5.94. The second kappa shape index (κ2) is 8.81. The molecule has 1 atom stereocenters. The predicted octanol–water partition coefficient (Wildman–Crippen LogP) is -0.187. The van der Waals surface area contributed by atoms with Crippen LogP contribution in [0.3, 0.4) is 0 Å². The largest absolute Gasteiger partial charge is 0.349 e. The number of pyridine rings is 1. The van der Waals surface area contributed by atoms with E-state index in [1.165, 1.54) is 30.8 Å². The first-order valence-corrected chi connectivity index (χ1v) is 6.89. The topological polar surface area (TPSA) is 98.0 Å². The van der Waals surface area contributed by atoms with Crippen LogP contribution in [0.15, 0.2) is 21.7 Å².